The molecule has 1 unspecified atom stereocenters. The average Bonchev–Trinajstić information content (AvgIpc) is 2.95. The number of hydrogen-bond donors (Lipinski definition) is 2. The van der Waals surface area contributed by atoms with Crippen LogP contribution in [0.5, 0.6) is 0 Å². The normalized spacial score (nSPS) is 19.4. The van der Waals surface area contributed by atoms with E-state index >= 15 is 0 Å². The minimum absolute atomic E-state index is 0.0979. The first-order valence-corrected chi connectivity index (χ1v) is 7.26. The number of carbonyl (C=O) groups excluding carboxylic acids is 1. The zero-order chi connectivity index (χ0) is 13.9. The van der Waals surface area contributed by atoms with Crippen molar-refractivity contribution in [3.05, 3.63) is 36.0 Å². The van der Waals surface area contributed by atoms with E-state index < -0.39 is 0 Å². The highest BCUT2D eigenvalue weighted by atomic mass is 16.3. The molecule has 0 bridgehead atoms. The lowest BCUT2D eigenvalue weighted by atomic mass is 9.94. The summed E-state index contributed by atoms with van der Waals surface area (Å²) in [5.41, 5.74) is 1.67. The molecule has 1 aliphatic heterocycles. The Balaban J connectivity index is 1.83. The third kappa shape index (κ3) is 2.43. The zero-order valence-electron chi connectivity index (χ0n) is 11.5. The summed E-state index contributed by atoms with van der Waals surface area (Å²) in [6.07, 6.45) is 4.79. The molecular formula is C16H20N2O2. The summed E-state index contributed by atoms with van der Waals surface area (Å²) in [5, 5.41) is 10.1. The first kappa shape index (κ1) is 13.2. The molecule has 4 heteroatoms. The largest absolute Gasteiger partial charge is 0.396 e. The molecular weight excluding hydrogens is 252 g/mol. The van der Waals surface area contributed by atoms with Crippen molar-refractivity contribution in [1.29, 1.82) is 0 Å². The molecule has 3 rings (SSSR count). The number of H-pyrrole nitrogens is 1. The van der Waals surface area contributed by atoms with Crippen molar-refractivity contribution in [2.45, 2.75) is 19.3 Å². The minimum Gasteiger partial charge on any atom is -0.396 e. The lowest BCUT2D eigenvalue weighted by Gasteiger charge is -2.32. The molecule has 2 aromatic rings. The Bertz CT molecular complexity index is 603. The van der Waals surface area contributed by atoms with Crippen LogP contribution < -0.4 is 0 Å². The van der Waals surface area contributed by atoms with Crippen LogP contribution in [-0.4, -0.2) is 40.6 Å². The van der Waals surface area contributed by atoms with Crippen molar-refractivity contribution in [2.24, 2.45) is 5.92 Å². The minimum atomic E-state index is 0.0979. The molecule has 20 heavy (non-hydrogen) atoms. The quantitative estimate of drug-likeness (QED) is 0.901. The Hall–Kier alpha value is -1.81. The lowest BCUT2D eigenvalue weighted by molar-refractivity contribution is 0.0655. The number of nitrogens with one attached hydrogen (secondary N) is 1. The number of piperidine rings is 1. The number of aromatic amines is 1. The number of aliphatic hydroxyl groups is 1. The van der Waals surface area contributed by atoms with Crippen LogP contribution in [0.4, 0.5) is 0 Å². The molecule has 0 spiro atoms. The molecule has 4 nitrogen and oxygen atoms in total. The van der Waals surface area contributed by atoms with Gasteiger partial charge >= 0.3 is 0 Å². The SMILES string of the molecule is O=C(c1cccc2cc[nH]c12)N1CCCC(CCO)C1. The van der Waals surface area contributed by atoms with Crippen molar-refractivity contribution in [3.63, 3.8) is 0 Å². The zero-order valence-corrected chi connectivity index (χ0v) is 11.5. The number of fused-ring (bicyclic) bond motifs is 1. The maximum atomic E-state index is 12.7. The maximum Gasteiger partial charge on any atom is 0.255 e. The van der Waals surface area contributed by atoms with Gasteiger partial charge in [0.2, 0.25) is 0 Å². The highest BCUT2D eigenvalue weighted by Gasteiger charge is 2.25. The number of hydrogen-bond acceptors (Lipinski definition) is 2. The van der Waals surface area contributed by atoms with Crippen LogP contribution in [-0.2, 0) is 0 Å². The van der Waals surface area contributed by atoms with Gasteiger partial charge in [-0.2, -0.15) is 0 Å². The molecule has 1 aromatic carbocycles. The van der Waals surface area contributed by atoms with Gasteiger partial charge in [-0.1, -0.05) is 12.1 Å². The number of rotatable bonds is 3. The summed E-state index contributed by atoms with van der Waals surface area (Å²) in [5.74, 6) is 0.529. The van der Waals surface area contributed by atoms with Gasteiger partial charge in [-0.3, -0.25) is 4.79 Å². The molecule has 106 valence electrons. The highest BCUT2D eigenvalue weighted by Crippen LogP contribution is 2.23. The van der Waals surface area contributed by atoms with Crippen molar-refractivity contribution < 1.29 is 9.90 Å². The topological polar surface area (TPSA) is 56.3 Å². The molecule has 1 fully saturated rings. The smallest absolute Gasteiger partial charge is 0.255 e. The Labute approximate surface area is 118 Å². The third-order valence-corrected chi connectivity index (χ3v) is 4.16. The molecule has 0 saturated carbocycles. The molecule has 2 N–H and O–H groups in total. The second kappa shape index (κ2) is 5.67. The second-order valence-corrected chi connectivity index (χ2v) is 5.52. The molecule has 0 aliphatic carbocycles. The number of aromatic nitrogens is 1. The van der Waals surface area contributed by atoms with Gasteiger partial charge in [0.25, 0.3) is 5.91 Å². The number of aliphatic hydroxyl groups excluding tert-OH is 1. The fraction of sp³-hybridized carbons (Fsp3) is 0.438. The summed E-state index contributed by atoms with van der Waals surface area (Å²) in [4.78, 5) is 17.8. The average molecular weight is 272 g/mol. The first-order valence-electron chi connectivity index (χ1n) is 7.26. The van der Waals surface area contributed by atoms with Crippen LogP contribution >= 0.6 is 0 Å². The van der Waals surface area contributed by atoms with Gasteiger partial charge in [0.05, 0.1) is 11.1 Å². The maximum absolute atomic E-state index is 12.7. The Morgan fingerprint density at radius 1 is 1.40 bits per heavy atom. The fourth-order valence-electron chi connectivity index (χ4n) is 3.10. The second-order valence-electron chi connectivity index (χ2n) is 5.52. The van der Waals surface area contributed by atoms with Crippen molar-refractivity contribution in [1.82, 2.24) is 9.88 Å². The molecule has 0 radical (unpaired) electrons. The molecule has 1 aliphatic rings. The van der Waals surface area contributed by atoms with Gasteiger partial charge in [-0.25, -0.2) is 0 Å². The molecule has 1 amide bonds. The van der Waals surface area contributed by atoms with E-state index in [1.165, 1.54) is 0 Å². The highest BCUT2D eigenvalue weighted by molar-refractivity contribution is 6.05. The van der Waals surface area contributed by atoms with Crippen molar-refractivity contribution in [3.8, 4) is 0 Å². The van der Waals surface area contributed by atoms with Gasteiger partial charge in [0.15, 0.2) is 0 Å². The number of benzene rings is 1. The van der Waals surface area contributed by atoms with Gasteiger partial charge < -0.3 is 15.0 Å². The van der Waals surface area contributed by atoms with Crippen molar-refractivity contribution in [2.75, 3.05) is 19.7 Å². The predicted molar refractivity (Wildman–Crippen MR) is 78.6 cm³/mol. The molecule has 2 heterocycles. The van der Waals surface area contributed by atoms with Crippen LogP contribution in [0.15, 0.2) is 30.5 Å². The number of para-hydroxylation sites is 1. The Kier molecular flexibility index (Phi) is 3.74. The standard InChI is InChI=1S/C16H20N2O2/c19-10-7-12-3-2-9-18(11-12)16(20)14-5-1-4-13-6-8-17-15(13)14/h1,4-6,8,12,17,19H,2-3,7,9-11H2. The van der Waals surface area contributed by atoms with E-state index in [1.54, 1.807) is 0 Å². The lowest BCUT2D eigenvalue weighted by Crippen LogP contribution is -2.40. The summed E-state index contributed by atoms with van der Waals surface area (Å²) < 4.78 is 0. The number of amides is 1. The fourth-order valence-corrected chi connectivity index (χ4v) is 3.10. The van der Waals surface area contributed by atoms with Crippen LogP contribution in [0.3, 0.4) is 0 Å². The Morgan fingerprint density at radius 3 is 3.15 bits per heavy atom. The van der Waals surface area contributed by atoms with Gasteiger partial charge in [0.1, 0.15) is 0 Å². The monoisotopic (exact) mass is 272 g/mol. The van der Waals surface area contributed by atoms with Crippen LogP contribution in [0.2, 0.25) is 0 Å². The van der Waals surface area contributed by atoms with E-state index in [-0.39, 0.29) is 12.5 Å². The summed E-state index contributed by atoms with van der Waals surface area (Å²) >= 11 is 0. The van der Waals surface area contributed by atoms with Gasteiger partial charge in [-0.05, 0) is 37.3 Å². The first-order chi connectivity index (χ1) is 9.79. The van der Waals surface area contributed by atoms with E-state index in [0.29, 0.717) is 5.92 Å². The van der Waals surface area contributed by atoms with Crippen molar-refractivity contribution >= 4 is 16.8 Å². The number of carbonyl (C=O) groups is 1. The number of nitrogens with zero attached hydrogens (tertiary/aromatic N) is 1. The predicted octanol–water partition coefficient (Wildman–Crippen LogP) is 2.40. The van der Waals surface area contributed by atoms with Gasteiger partial charge in [-0.15, -0.1) is 0 Å². The van der Waals surface area contributed by atoms with Crippen LogP contribution in [0.25, 0.3) is 10.9 Å². The van der Waals surface area contributed by atoms with E-state index in [9.17, 15) is 4.79 Å². The molecule has 1 saturated heterocycles. The summed E-state index contributed by atoms with van der Waals surface area (Å²) in [6, 6.07) is 7.81. The number of likely N-dealkylation sites (tertiary alicyclic amines) is 1. The van der Waals surface area contributed by atoms with E-state index in [2.05, 4.69) is 4.98 Å². The summed E-state index contributed by atoms with van der Waals surface area (Å²) in [6.45, 7) is 1.78. The summed E-state index contributed by atoms with van der Waals surface area (Å²) in [7, 11) is 0. The Morgan fingerprint density at radius 2 is 2.30 bits per heavy atom. The third-order valence-electron chi connectivity index (χ3n) is 4.16. The van der Waals surface area contributed by atoms with E-state index in [4.69, 9.17) is 5.11 Å². The van der Waals surface area contributed by atoms with Gasteiger partial charge in [0, 0.05) is 31.3 Å². The van der Waals surface area contributed by atoms with Crippen LogP contribution in [0, 0.1) is 5.92 Å². The molecule has 1 atom stereocenters. The van der Waals surface area contributed by atoms with Crippen LogP contribution in [0.1, 0.15) is 29.6 Å². The van der Waals surface area contributed by atoms with E-state index in [1.807, 2.05) is 35.4 Å². The molecule has 1 aromatic heterocycles. The van der Waals surface area contributed by atoms with E-state index in [0.717, 1.165) is 48.8 Å².